The Balaban J connectivity index is 2.42. The van der Waals surface area contributed by atoms with E-state index in [1.54, 1.807) is 0 Å². The monoisotopic (exact) mass is 201 g/mol. The zero-order valence-electron chi connectivity index (χ0n) is 7.80. The van der Waals surface area contributed by atoms with E-state index < -0.39 is 11.6 Å². The Morgan fingerprint density at radius 3 is 2.64 bits per heavy atom. The van der Waals surface area contributed by atoms with Crippen molar-refractivity contribution in [3.63, 3.8) is 0 Å². The summed E-state index contributed by atoms with van der Waals surface area (Å²) in [6.45, 7) is 0.461. The van der Waals surface area contributed by atoms with Gasteiger partial charge in [0.15, 0.2) is 0 Å². The van der Waals surface area contributed by atoms with Gasteiger partial charge in [-0.3, -0.25) is 0 Å². The fourth-order valence-corrected chi connectivity index (χ4v) is 1.23. The first-order valence-electron chi connectivity index (χ1n) is 4.49. The highest BCUT2D eigenvalue weighted by Crippen LogP contribution is 2.12. The molecule has 0 saturated carbocycles. The Morgan fingerprint density at radius 1 is 1.21 bits per heavy atom. The second kappa shape index (κ2) is 5.67. The summed E-state index contributed by atoms with van der Waals surface area (Å²) in [5, 5.41) is 0. The van der Waals surface area contributed by atoms with Gasteiger partial charge in [-0.1, -0.05) is 6.07 Å². The molecule has 0 fully saturated rings. The van der Waals surface area contributed by atoms with Gasteiger partial charge in [0.2, 0.25) is 0 Å². The molecule has 4 heteroatoms. The van der Waals surface area contributed by atoms with Crippen LogP contribution in [-0.4, -0.2) is 6.61 Å². The second-order valence-electron chi connectivity index (χ2n) is 3.06. The van der Waals surface area contributed by atoms with Crippen molar-refractivity contribution in [2.24, 2.45) is 5.90 Å². The first-order valence-corrected chi connectivity index (χ1v) is 4.49. The summed E-state index contributed by atoms with van der Waals surface area (Å²) in [5.74, 6) is 3.80. The predicted molar refractivity (Wildman–Crippen MR) is 49.4 cm³/mol. The molecular formula is C10H13F2NO. The molecule has 78 valence electrons. The van der Waals surface area contributed by atoms with E-state index in [1.807, 2.05) is 0 Å². The standard InChI is InChI=1S/C10H13F2NO/c11-9-5-4-8(10(12)7-9)3-1-2-6-14-13/h4-5,7H,1-3,6,13H2. The molecule has 2 N–H and O–H groups in total. The molecule has 14 heavy (non-hydrogen) atoms. The Hall–Kier alpha value is -1.00. The lowest BCUT2D eigenvalue weighted by atomic mass is 10.1. The minimum Gasteiger partial charge on any atom is -0.305 e. The minimum atomic E-state index is -0.545. The number of nitrogens with two attached hydrogens (primary N) is 1. The number of rotatable bonds is 5. The highest BCUT2D eigenvalue weighted by atomic mass is 19.1. The van der Waals surface area contributed by atoms with Crippen LogP contribution in [0.25, 0.3) is 0 Å². The topological polar surface area (TPSA) is 35.2 Å². The summed E-state index contributed by atoms with van der Waals surface area (Å²) < 4.78 is 25.6. The van der Waals surface area contributed by atoms with Crippen molar-refractivity contribution in [1.82, 2.24) is 0 Å². The third kappa shape index (κ3) is 3.40. The van der Waals surface area contributed by atoms with E-state index in [0.29, 0.717) is 18.6 Å². The largest absolute Gasteiger partial charge is 0.305 e. The van der Waals surface area contributed by atoms with Gasteiger partial charge in [0, 0.05) is 6.07 Å². The smallest absolute Gasteiger partial charge is 0.129 e. The van der Waals surface area contributed by atoms with E-state index in [-0.39, 0.29) is 0 Å². The van der Waals surface area contributed by atoms with Crippen molar-refractivity contribution >= 4 is 0 Å². The molecule has 0 heterocycles. The fraction of sp³-hybridized carbons (Fsp3) is 0.400. The van der Waals surface area contributed by atoms with Crippen molar-refractivity contribution in [2.75, 3.05) is 6.61 Å². The van der Waals surface area contributed by atoms with Gasteiger partial charge in [0.05, 0.1) is 6.61 Å². The second-order valence-corrected chi connectivity index (χ2v) is 3.06. The van der Waals surface area contributed by atoms with Gasteiger partial charge in [0.1, 0.15) is 11.6 Å². The van der Waals surface area contributed by atoms with Gasteiger partial charge >= 0.3 is 0 Å². The average molecular weight is 201 g/mol. The Labute approximate surface area is 81.6 Å². The number of benzene rings is 1. The van der Waals surface area contributed by atoms with Crippen LogP contribution in [0, 0.1) is 11.6 Å². The number of hydrogen-bond acceptors (Lipinski definition) is 2. The lowest BCUT2D eigenvalue weighted by Crippen LogP contribution is -2.01. The molecule has 0 aliphatic heterocycles. The van der Waals surface area contributed by atoms with Gasteiger partial charge < -0.3 is 4.84 Å². The maximum Gasteiger partial charge on any atom is 0.129 e. The zero-order chi connectivity index (χ0) is 10.4. The van der Waals surface area contributed by atoms with Gasteiger partial charge in [-0.2, -0.15) is 0 Å². The normalized spacial score (nSPS) is 10.5. The molecule has 0 spiro atoms. The summed E-state index contributed by atoms with van der Waals surface area (Å²) in [4.78, 5) is 4.38. The number of hydrogen-bond donors (Lipinski definition) is 1. The molecule has 0 aliphatic rings. The molecule has 0 aliphatic carbocycles. The summed E-state index contributed by atoms with van der Waals surface area (Å²) in [6, 6.07) is 3.63. The number of unbranched alkanes of at least 4 members (excludes halogenated alkanes) is 1. The molecule has 0 amide bonds. The lowest BCUT2D eigenvalue weighted by Gasteiger charge is -2.02. The average Bonchev–Trinajstić information content (AvgIpc) is 2.15. The van der Waals surface area contributed by atoms with Crippen LogP contribution in [-0.2, 0) is 11.3 Å². The molecular weight excluding hydrogens is 188 g/mol. The lowest BCUT2D eigenvalue weighted by molar-refractivity contribution is 0.134. The summed E-state index contributed by atoms with van der Waals surface area (Å²) in [5.41, 5.74) is 0.531. The minimum absolute atomic E-state index is 0.461. The molecule has 0 radical (unpaired) electrons. The SMILES string of the molecule is NOCCCCc1ccc(F)cc1F. The maximum absolute atomic E-state index is 13.1. The first-order chi connectivity index (χ1) is 6.74. The van der Waals surface area contributed by atoms with Crippen LogP contribution in [0.15, 0.2) is 18.2 Å². The Kier molecular flexibility index (Phi) is 4.49. The highest BCUT2D eigenvalue weighted by molar-refractivity contribution is 5.18. The molecule has 2 nitrogen and oxygen atoms in total. The first kappa shape index (κ1) is 11.1. The quantitative estimate of drug-likeness (QED) is 0.585. The maximum atomic E-state index is 13.1. The molecule has 1 rings (SSSR count). The van der Waals surface area contributed by atoms with Crippen LogP contribution in [0.4, 0.5) is 8.78 Å². The van der Waals surface area contributed by atoms with Crippen LogP contribution in [0.1, 0.15) is 18.4 Å². The van der Waals surface area contributed by atoms with Gasteiger partial charge in [0.25, 0.3) is 0 Å². The van der Waals surface area contributed by atoms with Gasteiger partial charge in [-0.15, -0.1) is 0 Å². The third-order valence-corrected chi connectivity index (χ3v) is 1.97. The molecule has 0 aromatic heterocycles. The summed E-state index contributed by atoms with van der Waals surface area (Å²) in [6.07, 6.45) is 2.13. The molecule has 1 aromatic carbocycles. The van der Waals surface area contributed by atoms with Crippen LogP contribution in [0.5, 0.6) is 0 Å². The van der Waals surface area contributed by atoms with E-state index in [9.17, 15) is 8.78 Å². The van der Waals surface area contributed by atoms with E-state index >= 15 is 0 Å². The van der Waals surface area contributed by atoms with E-state index in [0.717, 1.165) is 18.9 Å². The van der Waals surface area contributed by atoms with E-state index in [4.69, 9.17) is 5.90 Å². The third-order valence-electron chi connectivity index (χ3n) is 1.97. The molecule has 1 aromatic rings. The molecule has 0 saturated heterocycles. The number of halogens is 2. The van der Waals surface area contributed by atoms with Crippen LogP contribution < -0.4 is 5.90 Å². The van der Waals surface area contributed by atoms with Crippen LogP contribution >= 0.6 is 0 Å². The number of aryl methyl sites for hydroxylation is 1. The molecule has 0 unspecified atom stereocenters. The highest BCUT2D eigenvalue weighted by Gasteiger charge is 2.02. The van der Waals surface area contributed by atoms with Crippen LogP contribution in [0.3, 0.4) is 0 Å². The predicted octanol–water partition coefficient (Wildman–Crippen LogP) is 2.18. The van der Waals surface area contributed by atoms with Crippen molar-refractivity contribution in [1.29, 1.82) is 0 Å². The van der Waals surface area contributed by atoms with Gasteiger partial charge in [-0.05, 0) is 30.9 Å². The Bertz CT molecular complexity index is 291. The van der Waals surface area contributed by atoms with E-state index in [2.05, 4.69) is 4.84 Å². The van der Waals surface area contributed by atoms with Gasteiger partial charge in [-0.25, -0.2) is 14.7 Å². The van der Waals surface area contributed by atoms with Crippen LogP contribution in [0.2, 0.25) is 0 Å². The van der Waals surface area contributed by atoms with Crippen molar-refractivity contribution in [3.05, 3.63) is 35.4 Å². The summed E-state index contributed by atoms with van der Waals surface area (Å²) >= 11 is 0. The van der Waals surface area contributed by atoms with Crippen molar-refractivity contribution in [3.8, 4) is 0 Å². The molecule has 0 atom stereocenters. The fourth-order valence-electron chi connectivity index (χ4n) is 1.23. The van der Waals surface area contributed by atoms with Crippen molar-refractivity contribution in [2.45, 2.75) is 19.3 Å². The van der Waals surface area contributed by atoms with Crippen molar-refractivity contribution < 1.29 is 13.6 Å². The summed E-state index contributed by atoms with van der Waals surface area (Å²) in [7, 11) is 0. The van der Waals surface area contributed by atoms with E-state index in [1.165, 1.54) is 12.1 Å². The zero-order valence-corrected chi connectivity index (χ0v) is 7.80. The Morgan fingerprint density at radius 2 is 2.00 bits per heavy atom. The molecule has 0 bridgehead atoms.